The van der Waals surface area contributed by atoms with E-state index in [1.54, 1.807) is 11.3 Å². The molecule has 1 heterocycles. The Labute approximate surface area is 96.1 Å². The lowest BCUT2D eigenvalue weighted by Gasteiger charge is -2.09. The van der Waals surface area contributed by atoms with Gasteiger partial charge in [0.2, 0.25) is 0 Å². The first-order chi connectivity index (χ1) is 7.31. The molecular weight excluding hydrogens is 206 g/mol. The van der Waals surface area contributed by atoms with Crippen molar-refractivity contribution < 1.29 is 0 Å². The fraction of sp³-hybridized carbons (Fsp3) is 0.818. The monoisotopic (exact) mass is 227 g/mol. The smallest absolute Gasteiger partial charge is 0.120 e. The van der Waals surface area contributed by atoms with Crippen LogP contribution in [-0.2, 0) is 6.42 Å². The summed E-state index contributed by atoms with van der Waals surface area (Å²) >= 11 is 1.74. The van der Waals surface area contributed by atoms with E-state index in [4.69, 9.17) is 5.73 Å². The van der Waals surface area contributed by atoms with Gasteiger partial charge >= 0.3 is 0 Å². The molecule has 86 valence electrons. The van der Waals surface area contributed by atoms with Crippen molar-refractivity contribution in [3.63, 3.8) is 0 Å². The van der Waals surface area contributed by atoms with Crippen LogP contribution >= 0.6 is 11.3 Å². The molecule has 1 atom stereocenters. The van der Waals surface area contributed by atoms with Crippen molar-refractivity contribution in [3.05, 3.63) is 10.0 Å². The molecule has 0 saturated heterocycles. The van der Waals surface area contributed by atoms with Crippen LogP contribution in [0.4, 0.5) is 0 Å². The molecule has 1 aromatic rings. The van der Waals surface area contributed by atoms with Gasteiger partial charge in [0.05, 0.1) is 0 Å². The summed E-state index contributed by atoms with van der Waals surface area (Å²) in [5, 5.41) is 10.7. The van der Waals surface area contributed by atoms with Crippen molar-refractivity contribution in [1.29, 1.82) is 0 Å². The first-order valence-corrected chi connectivity index (χ1v) is 6.65. The molecule has 0 bridgehead atoms. The maximum absolute atomic E-state index is 5.50. The van der Waals surface area contributed by atoms with Gasteiger partial charge in [0, 0.05) is 12.3 Å². The van der Waals surface area contributed by atoms with E-state index in [-0.39, 0.29) is 0 Å². The summed E-state index contributed by atoms with van der Waals surface area (Å²) in [4.78, 5) is 0. The minimum absolute atomic E-state index is 0.606. The van der Waals surface area contributed by atoms with Crippen LogP contribution in [0.3, 0.4) is 0 Å². The topological polar surface area (TPSA) is 51.8 Å². The number of nitrogens with zero attached hydrogens (tertiary/aromatic N) is 2. The summed E-state index contributed by atoms with van der Waals surface area (Å²) in [6, 6.07) is 0. The molecule has 0 aliphatic carbocycles. The third kappa shape index (κ3) is 3.87. The van der Waals surface area contributed by atoms with Gasteiger partial charge < -0.3 is 5.73 Å². The lowest BCUT2D eigenvalue weighted by molar-refractivity contribution is 0.563. The zero-order valence-corrected chi connectivity index (χ0v) is 10.5. The molecule has 0 saturated carbocycles. The minimum Gasteiger partial charge on any atom is -0.330 e. The number of hydrogen-bond donors (Lipinski definition) is 1. The Kier molecular flexibility index (Phi) is 5.79. The van der Waals surface area contributed by atoms with Gasteiger partial charge in [-0.1, -0.05) is 26.7 Å². The van der Waals surface area contributed by atoms with Crippen molar-refractivity contribution in [2.24, 2.45) is 5.73 Å². The number of rotatable bonds is 7. The van der Waals surface area contributed by atoms with Gasteiger partial charge in [-0.2, -0.15) is 0 Å². The van der Waals surface area contributed by atoms with Crippen molar-refractivity contribution in [1.82, 2.24) is 10.2 Å². The highest BCUT2D eigenvalue weighted by Gasteiger charge is 2.14. The average molecular weight is 227 g/mol. The number of nitrogens with two attached hydrogens (primary N) is 1. The molecule has 1 unspecified atom stereocenters. The Hall–Kier alpha value is -0.480. The Morgan fingerprint density at radius 3 is 2.73 bits per heavy atom. The molecule has 3 nitrogen and oxygen atoms in total. The Balaban J connectivity index is 2.57. The Morgan fingerprint density at radius 2 is 2.13 bits per heavy atom. The second-order valence-corrected chi connectivity index (χ2v) is 4.91. The van der Waals surface area contributed by atoms with Crippen LogP contribution < -0.4 is 5.73 Å². The second-order valence-electron chi connectivity index (χ2n) is 3.82. The van der Waals surface area contributed by atoms with E-state index < -0.39 is 0 Å². The lowest BCUT2D eigenvalue weighted by atomic mass is 10.0. The predicted octanol–water partition coefficient (Wildman–Crippen LogP) is 2.72. The molecule has 0 spiro atoms. The highest BCUT2D eigenvalue weighted by Crippen LogP contribution is 2.27. The minimum atomic E-state index is 0.606. The van der Waals surface area contributed by atoms with E-state index in [9.17, 15) is 0 Å². The highest BCUT2D eigenvalue weighted by molar-refractivity contribution is 7.11. The molecule has 1 aromatic heterocycles. The molecule has 4 heteroatoms. The van der Waals surface area contributed by atoms with E-state index in [1.807, 2.05) is 0 Å². The molecular formula is C11H21N3S. The molecule has 0 aliphatic rings. The average Bonchev–Trinajstić information content (AvgIpc) is 2.68. The number of aromatic nitrogens is 2. The standard InChI is InChI=1S/C11H21N3S/c1-3-5-6-9(4-2)11-14-13-10(15-11)7-8-12/h9H,3-8,12H2,1-2H3. The normalized spacial score (nSPS) is 13.0. The molecule has 15 heavy (non-hydrogen) atoms. The fourth-order valence-corrected chi connectivity index (χ4v) is 2.68. The maximum atomic E-state index is 5.50. The lowest BCUT2D eigenvalue weighted by Crippen LogP contribution is -2.01. The summed E-state index contributed by atoms with van der Waals surface area (Å²) in [6.07, 6.45) is 5.80. The zero-order chi connectivity index (χ0) is 11.1. The predicted molar refractivity (Wildman–Crippen MR) is 65.2 cm³/mol. The molecule has 1 rings (SSSR count). The van der Waals surface area contributed by atoms with Crippen molar-refractivity contribution in [2.45, 2.75) is 51.9 Å². The van der Waals surface area contributed by atoms with E-state index in [0.29, 0.717) is 12.5 Å². The molecule has 0 radical (unpaired) electrons. The summed E-state index contributed by atoms with van der Waals surface area (Å²) in [7, 11) is 0. The SMILES string of the molecule is CCCCC(CC)c1nnc(CCN)s1. The van der Waals surface area contributed by atoms with Gasteiger partial charge in [-0.25, -0.2) is 0 Å². The van der Waals surface area contributed by atoms with Crippen LogP contribution in [0.15, 0.2) is 0 Å². The van der Waals surface area contributed by atoms with E-state index in [1.165, 1.54) is 24.3 Å². The van der Waals surface area contributed by atoms with Gasteiger partial charge in [-0.15, -0.1) is 21.5 Å². The third-order valence-electron chi connectivity index (χ3n) is 2.59. The van der Waals surface area contributed by atoms with Gasteiger partial charge in [-0.05, 0) is 19.4 Å². The van der Waals surface area contributed by atoms with Gasteiger partial charge in [0.15, 0.2) is 0 Å². The van der Waals surface area contributed by atoms with Crippen LogP contribution in [0.2, 0.25) is 0 Å². The van der Waals surface area contributed by atoms with Crippen molar-refractivity contribution in [3.8, 4) is 0 Å². The van der Waals surface area contributed by atoms with Gasteiger partial charge in [0.1, 0.15) is 10.0 Å². The summed E-state index contributed by atoms with van der Waals surface area (Å²) in [5.74, 6) is 0.606. The van der Waals surface area contributed by atoms with E-state index in [0.717, 1.165) is 17.8 Å². The fourth-order valence-electron chi connectivity index (χ4n) is 1.61. The first-order valence-electron chi connectivity index (χ1n) is 5.84. The maximum Gasteiger partial charge on any atom is 0.120 e. The molecule has 0 aliphatic heterocycles. The van der Waals surface area contributed by atoms with Gasteiger partial charge in [0.25, 0.3) is 0 Å². The summed E-state index contributed by atoms with van der Waals surface area (Å²) in [6.45, 7) is 5.12. The van der Waals surface area contributed by atoms with E-state index in [2.05, 4.69) is 24.0 Å². The Bertz CT molecular complexity index is 273. The number of unbranched alkanes of at least 4 members (excludes halogenated alkanes) is 1. The van der Waals surface area contributed by atoms with Crippen molar-refractivity contribution in [2.75, 3.05) is 6.54 Å². The molecule has 0 fully saturated rings. The number of hydrogen-bond acceptors (Lipinski definition) is 4. The van der Waals surface area contributed by atoms with Crippen LogP contribution in [0, 0.1) is 0 Å². The van der Waals surface area contributed by atoms with E-state index >= 15 is 0 Å². The summed E-state index contributed by atoms with van der Waals surface area (Å²) in [5.41, 5.74) is 5.50. The highest BCUT2D eigenvalue weighted by atomic mass is 32.1. The zero-order valence-electron chi connectivity index (χ0n) is 9.70. The molecule has 0 aromatic carbocycles. The van der Waals surface area contributed by atoms with Gasteiger partial charge in [-0.3, -0.25) is 0 Å². The van der Waals surface area contributed by atoms with Crippen LogP contribution in [0.25, 0.3) is 0 Å². The van der Waals surface area contributed by atoms with Crippen molar-refractivity contribution >= 4 is 11.3 Å². The largest absolute Gasteiger partial charge is 0.330 e. The second kappa shape index (κ2) is 6.90. The van der Waals surface area contributed by atoms with Crippen LogP contribution in [-0.4, -0.2) is 16.7 Å². The Morgan fingerprint density at radius 1 is 1.33 bits per heavy atom. The third-order valence-corrected chi connectivity index (χ3v) is 3.73. The molecule has 2 N–H and O–H groups in total. The molecule has 0 amide bonds. The summed E-state index contributed by atoms with van der Waals surface area (Å²) < 4.78 is 0. The van der Waals surface area contributed by atoms with Crippen LogP contribution in [0.5, 0.6) is 0 Å². The quantitative estimate of drug-likeness (QED) is 0.779. The van der Waals surface area contributed by atoms with Crippen LogP contribution in [0.1, 0.15) is 55.5 Å². The first kappa shape index (κ1) is 12.6.